The van der Waals surface area contributed by atoms with Gasteiger partial charge in [0.05, 0.1) is 0 Å². The number of hydrogen-bond acceptors (Lipinski definition) is 3. The molecule has 3 nitrogen and oxygen atoms in total. The van der Waals surface area contributed by atoms with E-state index in [0.717, 1.165) is 12.8 Å². The molecular formula is C26H34O3Se. The number of ether oxygens (including phenoxy) is 2. The maximum atomic E-state index is 14.0. The van der Waals surface area contributed by atoms with Crippen molar-refractivity contribution in [1.29, 1.82) is 0 Å². The molecule has 8 rings (SSSR count). The van der Waals surface area contributed by atoms with Crippen molar-refractivity contribution >= 4 is 25.2 Å². The van der Waals surface area contributed by atoms with Crippen LogP contribution in [0.2, 0.25) is 4.82 Å². The van der Waals surface area contributed by atoms with Crippen molar-refractivity contribution in [2.24, 2.45) is 46.8 Å². The Morgan fingerprint density at radius 2 is 1.83 bits per heavy atom. The van der Waals surface area contributed by atoms with Crippen LogP contribution in [0.15, 0.2) is 30.3 Å². The van der Waals surface area contributed by atoms with Gasteiger partial charge in [-0.05, 0) is 0 Å². The number of ketones is 1. The third-order valence-electron chi connectivity index (χ3n) is 9.46. The number of rotatable bonds is 3. The van der Waals surface area contributed by atoms with Gasteiger partial charge in [0.15, 0.2) is 0 Å². The second-order valence-electron chi connectivity index (χ2n) is 11.0. The van der Waals surface area contributed by atoms with E-state index in [0.29, 0.717) is 74.3 Å². The molecule has 1 saturated heterocycles. The first-order valence-corrected chi connectivity index (χ1v) is 13.8. The molecule has 7 aliphatic rings. The number of benzene rings is 1. The first-order valence-electron chi connectivity index (χ1n) is 12.0. The van der Waals surface area contributed by atoms with Crippen molar-refractivity contribution in [3.05, 3.63) is 30.3 Å². The van der Waals surface area contributed by atoms with Crippen LogP contribution in [0.3, 0.4) is 0 Å². The van der Waals surface area contributed by atoms with Crippen molar-refractivity contribution in [2.45, 2.75) is 57.1 Å². The number of hydrogen-bond donors (Lipinski definition) is 0. The van der Waals surface area contributed by atoms with Gasteiger partial charge in [0.25, 0.3) is 0 Å². The van der Waals surface area contributed by atoms with Crippen LogP contribution in [0.4, 0.5) is 0 Å². The van der Waals surface area contributed by atoms with Crippen LogP contribution >= 0.6 is 0 Å². The zero-order chi connectivity index (χ0) is 20.7. The third-order valence-corrected chi connectivity index (χ3v) is 12.1. The molecule has 7 fully saturated rings. The molecule has 0 radical (unpaired) electrons. The monoisotopic (exact) mass is 474 g/mol. The molecule has 8 atom stereocenters. The van der Waals surface area contributed by atoms with Crippen molar-refractivity contribution in [3.8, 4) is 0 Å². The van der Waals surface area contributed by atoms with Crippen LogP contribution < -0.4 is 4.46 Å². The molecular weight excluding hydrogens is 439 g/mol. The Hall–Kier alpha value is -0.671. The van der Waals surface area contributed by atoms with Crippen LogP contribution in [0, 0.1) is 46.8 Å². The fraction of sp³-hybridized carbons (Fsp3) is 0.731. The summed E-state index contributed by atoms with van der Waals surface area (Å²) in [6, 6.07) is 11.0. The van der Waals surface area contributed by atoms with Gasteiger partial charge in [-0.2, -0.15) is 0 Å². The second kappa shape index (κ2) is 6.91. The van der Waals surface area contributed by atoms with Crippen molar-refractivity contribution in [3.63, 3.8) is 0 Å². The molecule has 1 spiro atoms. The molecule has 6 aliphatic carbocycles. The number of carbonyl (C=O) groups excluding carboxylic acids is 1. The maximum absolute atomic E-state index is 14.0. The Balaban J connectivity index is 1.39. The van der Waals surface area contributed by atoms with Gasteiger partial charge in [0.2, 0.25) is 0 Å². The minimum atomic E-state index is -0.495. The minimum absolute atomic E-state index is 0.0958. The van der Waals surface area contributed by atoms with Gasteiger partial charge in [0, 0.05) is 0 Å². The number of fused-ring (bicyclic) bond motifs is 2. The quantitative estimate of drug-likeness (QED) is 0.621. The molecule has 1 heterocycles. The van der Waals surface area contributed by atoms with Gasteiger partial charge >= 0.3 is 187 Å². The zero-order valence-electron chi connectivity index (χ0n) is 18.4. The van der Waals surface area contributed by atoms with Crippen molar-refractivity contribution in [1.82, 2.24) is 0 Å². The van der Waals surface area contributed by atoms with E-state index < -0.39 is 5.79 Å². The summed E-state index contributed by atoms with van der Waals surface area (Å²) in [4.78, 5) is 14.6. The molecule has 1 aromatic rings. The van der Waals surface area contributed by atoms with E-state index in [1.54, 1.807) is 0 Å². The standard InChI is InChI=1S/C26H34O3Se/c1-15(2)18-9-10-25(3)22(18)20-19-13-17(30-16-7-5-4-6-8-16)14-26(28-11-12-29-26)23(20)21(19)24(25)27/h4-8,15,17-23H,9-14H2,1-3H3/t17-,18+,19?,20?,21?,22-,23+,25-/m0/s1. The predicted octanol–water partition coefficient (Wildman–Crippen LogP) is 4.09. The predicted molar refractivity (Wildman–Crippen MR) is 118 cm³/mol. The summed E-state index contributed by atoms with van der Waals surface area (Å²) in [6.45, 7) is 8.43. The topological polar surface area (TPSA) is 35.5 Å². The molecule has 4 heteroatoms. The Bertz CT molecular complexity index is 832. The molecule has 162 valence electrons. The van der Waals surface area contributed by atoms with E-state index in [1.165, 1.54) is 17.3 Å². The van der Waals surface area contributed by atoms with Crippen molar-refractivity contribution < 1.29 is 14.3 Å². The van der Waals surface area contributed by atoms with E-state index in [1.807, 2.05) is 0 Å². The average molecular weight is 474 g/mol. The van der Waals surface area contributed by atoms with Gasteiger partial charge in [-0.15, -0.1) is 0 Å². The molecule has 1 aliphatic heterocycles. The number of carbonyl (C=O) groups is 1. The fourth-order valence-corrected chi connectivity index (χ4v) is 11.2. The van der Waals surface area contributed by atoms with Gasteiger partial charge < -0.3 is 0 Å². The van der Waals surface area contributed by atoms with E-state index in [4.69, 9.17) is 9.47 Å². The summed E-state index contributed by atoms with van der Waals surface area (Å²) in [5.41, 5.74) is -0.0958. The summed E-state index contributed by atoms with van der Waals surface area (Å²) < 4.78 is 14.4. The molecule has 0 amide bonds. The Morgan fingerprint density at radius 1 is 1.10 bits per heavy atom. The molecule has 1 aromatic carbocycles. The van der Waals surface area contributed by atoms with E-state index >= 15 is 0 Å². The first kappa shape index (κ1) is 20.0. The Labute approximate surface area is 186 Å². The molecule has 3 unspecified atom stereocenters. The molecule has 0 aromatic heterocycles. The summed E-state index contributed by atoms with van der Waals surface area (Å²) >= 11 is 0.398. The van der Waals surface area contributed by atoms with Crippen LogP contribution in [-0.2, 0) is 14.3 Å². The van der Waals surface area contributed by atoms with E-state index in [9.17, 15) is 4.79 Å². The Morgan fingerprint density at radius 3 is 2.53 bits per heavy atom. The van der Waals surface area contributed by atoms with Crippen LogP contribution in [0.1, 0.15) is 46.5 Å². The van der Waals surface area contributed by atoms with Crippen LogP contribution in [0.25, 0.3) is 0 Å². The second-order valence-corrected chi connectivity index (χ2v) is 13.9. The van der Waals surface area contributed by atoms with Crippen LogP contribution in [-0.4, -0.2) is 39.7 Å². The molecule has 0 N–H and O–H groups in total. The fourth-order valence-electron chi connectivity index (χ4n) is 8.40. The SMILES string of the molecule is CC(C)[C@H]1CC[C@]2(C)C(=O)C3C4C[C@H]([Se]c5ccccc5)CC5(OCCO5)[C@@H]3C4[C@H]12. The van der Waals surface area contributed by atoms with E-state index in [-0.39, 0.29) is 11.3 Å². The summed E-state index contributed by atoms with van der Waals surface area (Å²) in [7, 11) is 0. The molecule has 30 heavy (non-hydrogen) atoms. The summed E-state index contributed by atoms with van der Waals surface area (Å²) in [5, 5.41) is 0. The van der Waals surface area contributed by atoms with Gasteiger partial charge in [-0.1, -0.05) is 0 Å². The number of Topliss-reactive ketones (excluding diaryl/α,β-unsaturated/α-hetero) is 1. The van der Waals surface area contributed by atoms with E-state index in [2.05, 4.69) is 51.1 Å². The third kappa shape index (κ3) is 2.60. The van der Waals surface area contributed by atoms with Gasteiger partial charge in [0.1, 0.15) is 0 Å². The normalized spacial score (nSPS) is 46.0. The Kier molecular flexibility index (Phi) is 4.60. The van der Waals surface area contributed by atoms with Crippen molar-refractivity contribution in [2.75, 3.05) is 13.2 Å². The average Bonchev–Trinajstić information content (AvgIpc) is 3.25. The zero-order valence-corrected chi connectivity index (χ0v) is 20.1. The molecule has 6 saturated carbocycles. The van der Waals surface area contributed by atoms with Crippen LogP contribution in [0.5, 0.6) is 0 Å². The summed E-state index contributed by atoms with van der Waals surface area (Å²) in [6.07, 6.45) is 4.49. The molecule has 4 bridgehead atoms. The van der Waals surface area contributed by atoms with Gasteiger partial charge in [-0.25, -0.2) is 0 Å². The summed E-state index contributed by atoms with van der Waals surface area (Å²) in [5.74, 6) is 3.56. The first-order chi connectivity index (χ1) is 14.4. The van der Waals surface area contributed by atoms with Gasteiger partial charge in [-0.3, -0.25) is 0 Å².